The summed E-state index contributed by atoms with van der Waals surface area (Å²) < 4.78 is 4.85. The first-order chi connectivity index (χ1) is 8.67. The molecule has 0 aliphatic rings. The van der Waals surface area contributed by atoms with E-state index in [1.807, 2.05) is 35.0 Å². The van der Waals surface area contributed by atoms with E-state index in [-0.39, 0.29) is 6.04 Å². The molecule has 5 nitrogen and oxygen atoms in total. The summed E-state index contributed by atoms with van der Waals surface area (Å²) in [5.74, 6) is 0. The van der Waals surface area contributed by atoms with Crippen molar-refractivity contribution in [3.63, 3.8) is 0 Å². The first-order valence-corrected chi connectivity index (χ1v) is 6.89. The summed E-state index contributed by atoms with van der Waals surface area (Å²) in [6.45, 7) is 5.93. The first kappa shape index (κ1) is 13.3. The monoisotopic (exact) mass is 311 g/mol. The van der Waals surface area contributed by atoms with E-state index in [0.717, 1.165) is 28.8 Å². The molecule has 0 fully saturated rings. The lowest BCUT2D eigenvalue weighted by Gasteiger charge is -2.18. The van der Waals surface area contributed by atoms with Crippen molar-refractivity contribution < 1.29 is 0 Å². The number of aryl methyl sites for hydroxylation is 2. The number of nitrogens with one attached hydrogen (secondary N) is 1. The van der Waals surface area contributed by atoms with Crippen LogP contribution in [0.15, 0.2) is 23.1 Å². The van der Waals surface area contributed by atoms with Crippen molar-refractivity contribution in [2.24, 2.45) is 7.05 Å². The molecule has 0 amide bonds. The first-order valence-electron chi connectivity index (χ1n) is 6.10. The van der Waals surface area contributed by atoms with E-state index in [0.29, 0.717) is 0 Å². The molecule has 0 radical (unpaired) electrons. The van der Waals surface area contributed by atoms with E-state index >= 15 is 0 Å². The Bertz CT molecular complexity index is 516. The number of nitrogens with zero attached hydrogens (tertiary/aromatic N) is 4. The van der Waals surface area contributed by atoms with Crippen LogP contribution in [0.25, 0.3) is 0 Å². The molecule has 1 N–H and O–H groups in total. The van der Waals surface area contributed by atoms with Crippen LogP contribution in [0.4, 0.5) is 0 Å². The molecule has 1 unspecified atom stereocenters. The van der Waals surface area contributed by atoms with Crippen LogP contribution in [0.1, 0.15) is 31.1 Å². The largest absolute Gasteiger partial charge is 0.305 e. The molecule has 2 aromatic heterocycles. The molecule has 0 bridgehead atoms. The van der Waals surface area contributed by atoms with Crippen molar-refractivity contribution in [1.82, 2.24) is 24.9 Å². The Labute approximate surface area is 115 Å². The van der Waals surface area contributed by atoms with Crippen molar-refractivity contribution in [3.8, 4) is 0 Å². The third kappa shape index (κ3) is 2.49. The van der Waals surface area contributed by atoms with Gasteiger partial charge in [-0.25, -0.2) is 0 Å². The minimum atomic E-state index is 0.112. The van der Waals surface area contributed by atoms with E-state index in [9.17, 15) is 0 Å². The molecule has 0 saturated heterocycles. The van der Waals surface area contributed by atoms with Gasteiger partial charge in [0, 0.05) is 25.4 Å². The van der Waals surface area contributed by atoms with E-state index < -0.39 is 0 Å². The average molecular weight is 312 g/mol. The Morgan fingerprint density at radius 3 is 2.67 bits per heavy atom. The second-order valence-corrected chi connectivity index (χ2v) is 4.99. The van der Waals surface area contributed by atoms with Crippen LogP contribution in [0.2, 0.25) is 0 Å². The number of hydrogen-bond acceptors (Lipinski definition) is 3. The molecule has 2 aromatic rings. The van der Waals surface area contributed by atoms with Crippen LogP contribution in [0, 0.1) is 0 Å². The van der Waals surface area contributed by atoms with E-state index in [1.165, 1.54) is 0 Å². The minimum absolute atomic E-state index is 0.112. The molecule has 0 aliphatic carbocycles. The van der Waals surface area contributed by atoms with Crippen LogP contribution < -0.4 is 5.32 Å². The Kier molecular flexibility index (Phi) is 4.19. The maximum absolute atomic E-state index is 4.37. The van der Waals surface area contributed by atoms with Gasteiger partial charge >= 0.3 is 0 Å². The minimum Gasteiger partial charge on any atom is -0.305 e. The predicted molar refractivity (Wildman–Crippen MR) is 74.3 cm³/mol. The SMILES string of the molecule is CCNC(c1cnn(C)c1)c1c(Br)cnn1CC. The van der Waals surface area contributed by atoms with Crippen molar-refractivity contribution in [2.75, 3.05) is 6.54 Å². The molecule has 2 heterocycles. The molecule has 0 saturated carbocycles. The van der Waals surface area contributed by atoms with E-state index in [2.05, 4.69) is 45.3 Å². The Balaban J connectivity index is 2.43. The highest BCUT2D eigenvalue weighted by Crippen LogP contribution is 2.28. The molecule has 0 aliphatic heterocycles. The van der Waals surface area contributed by atoms with Crippen molar-refractivity contribution in [3.05, 3.63) is 34.3 Å². The molecular formula is C12H18BrN5. The van der Waals surface area contributed by atoms with Gasteiger partial charge < -0.3 is 5.32 Å². The topological polar surface area (TPSA) is 47.7 Å². The lowest BCUT2D eigenvalue weighted by Crippen LogP contribution is -2.24. The lowest BCUT2D eigenvalue weighted by molar-refractivity contribution is 0.540. The molecule has 18 heavy (non-hydrogen) atoms. The summed E-state index contributed by atoms with van der Waals surface area (Å²) in [6, 6.07) is 0.112. The zero-order valence-electron chi connectivity index (χ0n) is 10.9. The molecule has 2 rings (SSSR count). The van der Waals surface area contributed by atoms with Crippen LogP contribution >= 0.6 is 15.9 Å². The summed E-state index contributed by atoms with van der Waals surface area (Å²) in [6.07, 6.45) is 5.78. The highest BCUT2D eigenvalue weighted by atomic mass is 79.9. The predicted octanol–water partition coefficient (Wildman–Crippen LogP) is 2.10. The van der Waals surface area contributed by atoms with Gasteiger partial charge in [-0.2, -0.15) is 10.2 Å². The summed E-state index contributed by atoms with van der Waals surface area (Å²) >= 11 is 3.58. The summed E-state index contributed by atoms with van der Waals surface area (Å²) in [7, 11) is 1.93. The van der Waals surface area contributed by atoms with Gasteiger partial charge in [-0.3, -0.25) is 9.36 Å². The fourth-order valence-electron chi connectivity index (χ4n) is 2.08. The van der Waals surface area contributed by atoms with Crippen molar-refractivity contribution >= 4 is 15.9 Å². The van der Waals surface area contributed by atoms with Crippen molar-refractivity contribution in [2.45, 2.75) is 26.4 Å². The summed E-state index contributed by atoms with van der Waals surface area (Å²) in [5, 5.41) is 12.1. The number of hydrogen-bond donors (Lipinski definition) is 1. The second-order valence-electron chi connectivity index (χ2n) is 4.13. The number of aromatic nitrogens is 4. The fourth-order valence-corrected chi connectivity index (χ4v) is 2.60. The van der Waals surface area contributed by atoms with Crippen LogP contribution in [0.5, 0.6) is 0 Å². The van der Waals surface area contributed by atoms with Gasteiger partial charge in [0.2, 0.25) is 0 Å². The van der Waals surface area contributed by atoms with Gasteiger partial charge in [0.1, 0.15) is 0 Å². The summed E-state index contributed by atoms with van der Waals surface area (Å²) in [5.41, 5.74) is 2.29. The van der Waals surface area contributed by atoms with Gasteiger partial charge in [0.05, 0.1) is 28.6 Å². The van der Waals surface area contributed by atoms with Gasteiger partial charge in [0.25, 0.3) is 0 Å². The zero-order valence-corrected chi connectivity index (χ0v) is 12.5. The molecule has 1 atom stereocenters. The van der Waals surface area contributed by atoms with Crippen molar-refractivity contribution in [1.29, 1.82) is 0 Å². The van der Waals surface area contributed by atoms with Crippen LogP contribution in [-0.2, 0) is 13.6 Å². The normalized spacial score (nSPS) is 12.9. The second kappa shape index (κ2) is 5.67. The smallest absolute Gasteiger partial charge is 0.0790 e. The van der Waals surface area contributed by atoms with Gasteiger partial charge in [-0.15, -0.1) is 0 Å². The molecule has 0 aromatic carbocycles. The highest BCUT2D eigenvalue weighted by Gasteiger charge is 2.21. The van der Waals surface area contributed by atoms with Gasteiger partial charge in [-0.1, -0.05) is 6.92 Å². The maximum atomic E-state index is 4.37. The van der Waals surface area contributed by atoms with Gasteiger partial charge in [0.15, 0.2) is 0 Å². The Hall–Kier alpha value is -1.14. The standard InChI is InChI=1S/C12H18BrN5/c1-4-14-11(9-6-15-17(3)8-9)12-10(13)7-16-18(12)5-2/h6-8,11,14H,4-5H2,1-3H3. The molecular weight excluding hydrogens is 294 g/mol. The quantitative estimate of drug-likeness (QED) is 0.920. The maximum Gasteiger partial charge on any atom is 0.0790 e. The Morgan fingerprint density at radius 1 is 1.33 bits per heavy atom. The van der Waals surface area contributed by atoms with Crippen LogP contribution in [0.3, 0.4) is 0 Å². The molecule has 6 heteroatoms. The lowest BCUT2D eigenvalue weighted by atomic mass is 10.1. The van der Waals surface area contributed by atoms with E-state index in [4.69, 9.17) is 0 Å². The number of rotatable bonds is 5. The fraction of sp³-hybridized carbons (Fsp3) is 0.500. The van der Waals surface area contributed by atoms with E-state index in [1.54, 1.807) is 0 Å². The molecule has 0 spiro atoms. The van der Waals surface area contributed by atoms with Gasteiger partial charge in [-0.05, 0) is 29.4 Å². The average Bonchev–Trinajstić information content (AvgIpc) is 2.93. The Morgan fingerprint density at radius 2 is 2.11 bits per heavy atom. The third-order valence-electron chi connectivity index (χ3n) is 2.87. The zero-order chi connectivity index (χ0) is 13.1. The number of halogens is 1. The highest BCUT2D eigenvalue weighted by molar-refractivity contribution is 9.10. The third-order valence-corrected chi connectivity index (χ3v) is 3.48. The summed E-state index contributed by atoms with van der Waals surface area (Å²) in [4.78, 5) is 0. The molecule has 98 valence electrons. The van der Waals surface area contributed by atoms with Crippen LogP contribution in [-0.4, -0.2) is 26.1 Å².